The Morgan fingerprint density at radius 1 is 1.08 bits per heavy atom. The van der Waals surface area contributed by atoms with E-state index in [0.29, 0.717) is 6.54 Å². The van der Waals surface area contributed by atoms with E-state index < -0.39 is 0 Å². The standard InChI is InChI=1S/C20H27N3O2/c1-4-23-15(2)13-19(16(23)3)20(25)14-21-9-11-22(12-10-21)17-5-7-18(24)8-6-17/h5-8,13,24H,4,9-12,14H2,1-3H3. The van der Waals surface area contributed by atoms with Crippen molar-refractivity contribution in [1.82, 2.24) is 9.47 Å². The van der Waals surface area contributed by atoms with E-state index in [1.807, 2.05) is 25.1 Å². The molecule has 1 N–H and O–H groups in total. The van der Waals surface area contributed by atoms with Crippen LogP contribution in [0, 0.1) is 13.8 Å². The van der Waals surface area contributed by atoms with Crippen LogP contribution in [0.15, 0.2) is 30.3 Å². The molecule has 5 nitrogen and oxygen atoms in total. The van der Waals surface area contributed by atoms with Crippen molar-refractivity contribution in [2.75, 3.05) is 37.6 Å². The maximum atomic E-state index is 12.7. The number of phenolic OH excluding ortho intramolecular Hbond substituents is 1. The molecule has 0 bridgehead atoms. The Morgan fingerprint density at radius 2 is 1.72 bits per heavy atom. The molecule has 1 aromatic heterocycles. The first kappa shape index (κ1) is 17.5. The van der Waals surface area contributed by atoms with Crippen molar-refractivity contribution in [2.24, 2.45) is 0 Å². The minimum Gasteiger partial charge on any atom is -0.508 e. The Kier molecular flexibility index (Phi) is 5.13. The maximum Gasteiger partial charge on any atom is 0.178 e. The number of piperazine rings is 1. The van der Waals surface area contributed by atoms with Gasteiger partial charge < -0.3 is 14.6 Å². The summed E-state index contributed by atoms with van der Waals surface area (Å²) in [5.41, 5.74) is 4.21. The number of nitrogens with zero attached hydrogens (tertiary/aromatic N) is 3. The lowest BCUT2D eigenvalue weighted by atomic mass is 10.1. The zero-order valence-corrected chi connectivity index (χ0v) is 15.3. The first-order chi connectivity index (χ1) is 12.0. The van der Waals surface area contributed by atoms with Crippen LogP contribution in [0.25, 0.3) is 0 Å². The van der Waals surface area contributed by atoms with Crippen LogP contribution in [-0.2, 0) is 6.54 Å². The highest BCUT2D eigenvalue weighted by molar-refractivity contribution is 5.99. The van der Waals surface area contributed by atoms with Gasteiger partial charge in [-0.15, -0.1) is 0 Å². The Hall–Kier alpha value is -2.27. The number of phenols is 1. The van der Waals surface area contributed by atoms with Crippen LogP contribution < -0.4 is 4.90 Å². The number of benzene rings is 1. The zero-order valence-electron chi connectivity index (χ0n) is 15.3. The van der Waals surface area contributed by atoms with E-state index in [9.17, 15) is 9.90 Å². The molecular weight excluding hydrogens is 314 g/mol. The van der Waals surface area contributed by atoms with Crippen LogP contribution in [0.4, 0.5) is 5.69 Å². The van der Waals surface area contributed by atoms with Gasteiger partial charge in [0.25, 0.3) is 0 Å². The summed E-state index contributed by atoms with van der Waals surface area (Å²) < 4.78 is 2.19. The van der Waals surface area contributed by atoms with Gasteiger partial charge in [-0.2, -0.15) is 0 Å². The molecule has 3 rings (SSSR count). The van der Waals surface area contributed by atoms with Gasteiger partial charge in [-0.05, 0) is 51.1 Å². The lowest BCUT2D eigenvalue weighted by Gasteiger charge is -2.35. The summed E-state index contributed by atoms with van der Waals surface area (Å²) in [5.74, 6) is 0.503. The zero-order chi connectivity index (χ0) is 18.0. The number of Topliss-reactive ketones (excluding diaryl/α,β-unsaturated/α-hetero) is 1. The number of carbonyl (C=O) groups is 1. The molecule has 0 atom stereocenters. The Balaban J connectivity index is 1.58. The molecule has 2 aromatic rings. The van der Waals surface area contributed by atoms with E-state index >= 15 is 0 Å². The monoisotopic (exact) mass is 341 g/mol. The van der Waals surface area contributed by atoms with Gasteiger partial charge in [-0.3, -0.25) is 9.69 Å². The van der Waals surface area contributed by atoms with Crippen LogP contribution in [0.3, 0.4) is 0 Å². The largest absolute Gasteiger partial charge is 0.508 e. The molecule has 0 unspecified atom stereocenters. The fourth-order valence-electron chi connectivity index (χ4n) is 3.69. The Morgan fingerprint density at radius 3 is 2.28 bits per heavy atom. The minimum atomic E-state index is 0.214. The highest BCUT2D eigenvalue weighted by atomic mass is 16.3. The van der Waals surface area contributed by atoms with Gasteiger partial charge in [0.2, 0.25) is 0 Å². The van der Waals surface area contributed by atoms with Crippen molar-refractivity contribution in [2.45, 2.75) is 27.3 Å². The molecule has 5 heteroatoms. The van der Waals surface area contributed by atoms with Gasteiger partial charge in [0.1, 0.15) is 5.75 Å². The van der Waals surface area contributed by atoms with Crippen molar-refractivity contribution in [1.29, 1.82) is 0 Å². The predicted molar refractivity (Wildman–Crippen MR) is 101 cm³/mol. The van der Waals surface area contributed by atoms with E-state index in [2.05, 4.69) is 28.2 Å². The molecule has 1 aliphatic heterocycles. The molecule has 25 heavy (non-hydrogen) atoms. The summed E-state index contributed by atoms with van der Waals surface area (Å²) in [6.45, 7) is 11.1. The number of hydrogen-bond donors (Lipinski definition) is 1. The number of hydrogen-bond acceptors (Lipinski definition) is 4. The number of rotatable bonds is 5. The van der Waals surface area contributed by atoms with Crippen molar-refractivity contribution in [3.05, 3.63) is 47.3 Å². The second-order valence-electron chi connectivity index (χ2n) is 6.73. The number of ketones is 1. The van der Waals surface area contributed by atoms with Crippen LogP contribution in [0.5, 0.6) is 5.75 Å². The topological polar surface area (TPSA) is 48.7 Å². The first-order valence-electron chi connectivity index (χ1n) is 8.96. The van der Waals surface area contributed by atoms with E-state index in [4.69, 9.17) is 0 Å². The average molecular weight is 341 g/mol. The van der Waals surface area contributed by atoms with Crippen molar-refractivity contribution in [3.8, 4) is 5.75 Å². The molecule has 1 aromatic carbocycles. The normalized spacial score (nSPS) is 15.6. The summed E-state index contributed by atoms with van der Waals surface area (Å²) in [4.78, 5) is 17.2. The number of carbonyl (C=O) groups excluding carboxylic acids is 1. The number of aryl methyl sites for hydroxylation is 1. The van der Waals surface area contributed by atoms with E-state index in [-0.39, 0.29) is 11.5 Å². The SMILES string of the molecule is CCn1c(C)cc(C(=O)CN2CCN(c3ccc(O)cc3)CC2)c1C. The Bertz CT molecular complexity index is 741. The fraction of sp³-hybridized carbons (Fsp3) is 0.450. The van der Waals surface area contributed by atoms with Crippen LogP contribution >= 0.6 is 0 Å². The second kappa shape index (κ2) is 7.31. The molecule has 0 saturated carbocycles. The van der Waals surface area contributed by atoms with Crippen molar-refractivity contribution in [3.63, 3.8) is 0 Å². The number of aromatic nitrogens is 1. The second-order valence-corrected chi connectivity index (χ2v) is 6.73. The molecule has 0 spiro atoms. The molecular formula is C20H27N3O2. The van der Waals surface area contributed by atoms with Gasteiger partial charge in [0.05, 0.1) is 6.54 Å². The predicted octanol–water partition coefficient (Wildman–Crippen LogP) is 2.84. The summed E-state index contributed by atoms with van der Waals surface area (Å²) >= 11 is 0. The van der Waals surface area contributed by atoms with Crippen molar-refractivity contribution >= 4 is 11.5 Å². The van der Waals surface area contributed by atoms with E-state index in [1.165, 1.54) is 0 Å². The highest BCUT2D eigenvalue weighted by Crippen LogP contribution is 2.20. The maximum absolute atomic E-state index is 12.7. The average Bonchev–Trinajstić information content (AvgIpc) is 2.90. The van der Waals surface area contributed by atoms with Gasteiger partial charge in [0, 0.05) is 55.4 Å². The third-order valence-corrected chi connectivity index (χ3v) is 5.14. The fourth-order valence-corrected chi connectivity index (χ4v) is 3.69. The van der Waals surface area contributed by atoms with Crippen LogP contribution in [-0.4, -0.2) is 53.1 Å². The minimum absolute atomic E-state index is 0.214. The molecule has 0 amide bonds. The summed E-state index contributed by atoms with van der Waals surface area (Å²) in [7, 11) is 0. The summed E-state index contributed by atoms with van der Waals surface area (Å²) in [5, 5.41) is 9.40. The van der Waals surface area contributed by atoms with Crippen LogP contribution in [0.2, 0.25) is 0 Å². The smallest absolute Gasteiger partial charge is 0.178 e. The van der Waals surface area contributed by atoms with Gasteiger partial charge in [-0.25, -0.2) is 0 Å². The molecule has 2 heterocycles. The van der Waals surface area contributed by atoms with E-state index in [1.54, 1.807) is 12.1 Å². The lowest BCUT2D eigenvalue weighted by molar-refractivity contribution is 0.0925. The first-order valence-corrected chi connectivity index (χ1v) is 8.96. The van der Waals surface area contributed by atoms with Crippen molar-refractivity contribution < 1.29 is 9.90 Å². The molecule has 1 fully saturated rings. The van der Waals surface area contributed by atoms with Gasteiger partial charge >= 0.3 is 0 Å². The quantitative estimate of drug-likeness (QED) is 0.850. The summed E-state index contributed by atoms with van der Waals surface area (Å²) in [6, 6.07) is 9.34. The lowest BCUT2D eigenvalue weighted by Crippen LogP contribution is -2.48. The summed E-state index contributed by atoms with van der Waals surface area (Å²) in [6.07, 6.45) is 0. The molecule has 134 valence electrons. The Labute approximate surface area is 149 Å². The third-order valence-electron chi connectivity index (χ3n) is 5.14. The van der Waals surface area contributed by atoms with Crippen LogP contribution in [0.1, 0.15) is 28.7 Å². The molecule has 1 aliphatic rings. The van der Waals surface area contributed by atoms with Gasteiger partial charge in [0.15, 0.2) is 5.78 Å². The third kappa shape index (κ3) is 3.71. The van der Waals surface area contributed by atoms with E-state index in [0.717, 1.165) is 55.4 Å². The van der Waals surface area contributed by atoms with Gasteiger partial charge in [-0.1, -0.05) is 0 Å². The molecule has 0 radical (unpaired) electrons. The highest BCUT2D eigenvalue weighted by Gasteiger charge is 2.22. The number of anilines is 1. The molecule has 0 aliphatic carbocycles. The number of aromatic hydroxyl groups is 1. The molecule has 1 saturated heterocycles.